The first-order valence-corrected chi connectivity index (χ1v) is 15.3. The minimum absolute atomic E-state index is 0.101. The summed E-state index contributed by atoms with van der Waals surface area (Å²) in [5.74, 6) is 1.52. The lowest BCUT2D eigenvalue weighted by Crippen LogP contribution is -2.55. The van der Waals surface area contributed by atoms with Gasteiger partial charge in [0.15, 0.2) is 11.0 Å². The van der Waals surface area contributed by atoms with Gasteiger partial charge in [0.05, 0.1) is 15.7 Å². The van der Waals surface area contributed by atoms with Gasteiger partial charge in [-0.1, -0.05) is 83.5 Å². The SMILES string of the molecule is Cc1ccccc1-n1c(SCCCC(=O)N2CCN(C(=O)c3ccc(Cl)c(Cl)c3)[C@H](C)C2)nnc1-c1ccccc1. The van der Waals surface area contributed by atoms with Gasteiger partial charge in [0, 0.05) is 49.0 Å². The lowest BCUT2D eigenvalue weighted by molar-refractivity contribution is -0.133. The second-order valence-electron chi connectivity index (χ2n) is 10.1. The first kappa shape index (κ1) is 29.2. The lowest BCUT2D eigenvalue weighted by atomic mass is 10.1. The molecule has 10 heteroatoms. The van der Waals surface area contributed by atoms with Crippen LogP contribution in [0.25, 0.3) is 17.1 Å². The molecule has 1 aliphatic rings. The quantitative estimate of drug-likeness (QED) is 0.163. The highest BCUT2D eigenvalue weighted by Gasteiger charge is 2.30. The Labute approximate surface area is 254 Å². The van der Waals surface area contributed by atoms with Crippen LogP contribution in [0.4, 0.5) is 0 Å². The Kier molecular flexibility index (Phi) is 9.32. The highest BCUT2D eigenvalue weighted by molar-refractivity contribution is 7.99. The summed E-state index contributed by atoms with van der Waals surface area (Å²) < 4.78 is 2.10. The first-order chi connectivity index (χ1) is 19.8. The van der Waals surface area contributed by atoms with Crippen molar-refractivity contribution in [2.24, 2.45) is 0 Å². The molecule has 0 N–H and O–H groups in total. The number of aryl methyl sites for hydroxylation is 1. The molecule has 0 unspecified atom stereocenters. The van der Waals surface area contributed by atoms with Crippen LogP contribution < -0.4 is 0 Å². The van der Waals surface area contributed by atoms with Crippen molar-refractivity contribution in [3.8, 4) is 17.1 Å². The number of amides is 2. The number of aromatic nitrogens is 3. The number of thioether (sulfide) groups is 1. The highest BCUT2D eigenvalue weighted by Crippen LogP contribution is 2.30. The van der Waals surface area contributed by atoms with Crippen molar-refractivity contribution in [3.63, 3.8) is 0 Å². The topological polar surface area (TPSA) is 71.3 Å². The van der Waals surface area contributed by atoms with E-state index in [-0.39, 0.29) is 17.9 Å². The number of para-hydroxylation sites is 1. The van der Waals surface area contributed by atoms with Gasteiger partial charge in [-0.05, 0) is 50.1 Å². The number of benzene rings is 3. The molecule has 1 fully saturated rings. The van der Waals surface area contributed by atoms with Crippen LogP contribution in [0.15, 0.2) is 78.0 Å². The van der Waals surface area contributed by atoms with E-state index in [1.54, 1.807) is 34.9 Å². The summed E-state index contributed by atoms with van der Waals surface area (Å²) in [6.07, 6.45) is 1.14. The van der Waals surface area contributed by atoms with E-state index in [1.807, 2.05) is 54.3 Å². The summed E-state index contributed by atoms with van der Waals surface area (Å²) in [6, 6.07) is 23.0. The molecule has 0 spiro atoms. The predicted octanol–water partition coefficient (Wildman–Crippen LogP) is 6.79. The maximum Gasteiger partial charge on any atom is 0.254 e. The normalized spacial score (nSPS) is 15.3. The molecule has 0 saturated carbocycles. The molecular formula is C31H31Cl2N5O2S. The van der Waals surface area contributed by atoms with Gasteiger partial charge in [-0.2, -0.15) is 0 Å². The Morgan fingerprint density at radius 1 is 0.951 bits per heavy atom. The third kappa shape index (κ3) is 6.61. The third-order valence-electron chi connectivity index (χ3n) is 7.20. The summed E-state index contributed by atoms with van der Waals surface area (Å²) in [5, 5.41) is 10.6. The number of halogens is 2. The van der Waals surface area contributed by atoms with Gasteiger partial charge >= 0.3 is 0 Å². The molecule has 0 bridgehead atoms. The second kappa shape index (κ2) is 13.1. The van der Waals surface area contributed by atoms with Crippen LogP contribution >= 0.6 is 35.0 Å². The van der Waals surface area contributed by atoms with E-state index in [9.17, 15) is 9.59 Å². The van der Waals surface area contributed by atoms with E-state index >= 15 is 0 Å². The summed E-state index contributed by atoms with van der Waals surface area (Å²) >= 11 is 13.7. The minimum Gasteiger partial charge on any atom is -0.339 e. The van der Waals surface area contributed by atoms with Crippen LogP contribution in [0.2, 0.25) is 10.0 Å². The van der Waals surface area contributed by atoms with Crippen molar-refractivity contribution in [2.75, 3.05) is 25.4 Å². The monoisotopic (exact) mass is 607 g/mol. The van der Waals surface area contributed by atoms with E-state index in [4.69, 9.17) is 23.2 Å². The fraction of sp³-hybridized carbons (Fsp3) is 0.290. The van der Waals surface area contributed by atoms with Crippen molar-refractivity contribution in [1.29, 1.82) is 0 Å². The smallest absolute Gasteiger partial charge is 0.254 e. The minimum atomic E-state index is -0.104. The number of rotatable bonds is 8. The Morgan fingerprint density at radius 2 is 1.71 bits per heavy atom. The van der Waals surface area contributed by atoms with E-state index in [0.717, 1.165) is 33.5 Å². The van der Waals surface area contributed by atoms with Crippen LogP contribution in [0.5, 0.6) is 0 Å². The van der Waals surface area contributed by atoms with E-state index in [2.05, 4.69) is 33.8 Å². The Bertz CT molecular complexity index is 1540. The zero-order valence-corrected chi connectivity index (χ0v) is 25.3. The Hall–Kier alpha value is -3.33. The van der Waals surface area contributed by atoms with E-state index in [1.165, 1.54) is 0 Å². The Morgan fingerprint density at radius 3 is 2.44 bits per heavy atom. The zero-order valence-electron chi connectivity index (χ0n) is 23.0. The zero-order chi connectivity index (χ0) is 28.9. The summed E-state index contributed by atoms with van der Waals surface area (Å²) in [6.45, 7) is 5.53. The number of carbonyl (C=O) groups is 2. The average Bonchev–Trinajstić information content (AvgIpc) is 3.40. The number of hydrogen-bond donors (Lipinski definition) is 0. The van der Waals surface area contributed by atoms with Crippen molar-refractivity contribution < 1.29 is 9.59 Å². The van der Waals surface area contributed by atoms with Gasteiger partial charge in [0.1, 0.15) is 0 Å². The van der Waals surface area contributed by atoms with E-state index in [0.29, 0.717) is 48.1 Å². The third-order valence-corrected chi connectivity index (χ3v) is 8.95. The van der Waals surface area contributed by atoms with Gasteiger partial charge in [0.2, 0.25) is 5.91 Å². The van der Waals surface area contributed by atoms with Crippen LogP contribution in [-0.2, 0) is 4.79 Å². The Balaban J connectivity index is 1.18. The summed E-state index contributed by atoms with van der Waals surface area (Å²) in [5.41, 5.74) is 3.66. The molecule has 7 nitrogen and oxygen atoms in total. The molecule has 1 aliphatic heterocycles. The second-order valence-corrected chi connectivity index (χ2v) is 11.9. The summed E-state index contributed by atoms with van der Waals surface area (Å²) in [7, 11) is 0. The maximum atomic E-state index is 13.1. The number of carbonyl (C=O) groups excluding carboxylic acids is 2. The number of piperazine rings is 1. The van der Waals surface area contributed by atoms with Crippen molar-refractivity contribution >= 4 is 46.8 Å². The molecule has 1 aromatic heterocycles. The molecular weight excluding hydrogens is 577 g/mol. The molecule has 1 atom stereocenters. The summed E-state index contributed by atoms with van der Waals surface area (Å²) in [4.78, 5) is 29.7. The van der Waals surface area contributed by atoms with Crippen LogP contribution in [0.3, 0.4) is 0 Å². The molecule has 3 aromatic carbocycles. The molecule has 2 amide bonds. The average molecular weight is 609 g/mol. The van der Waals surface area contributed by atoms with Gasteiger partial charge < -0.3 is 9.80 Å². The van der Waals surface area contributed by atoms with Crippen molar-refractivity contribution in [3.05, 3.63) is 94.0 Å². The lowest BCUT2D eigenvalue weighted by Gasteiger charge is -2.40. The fourth-order valence-electron chi connectivity index (χ4n) is 4.99. The van der Waals surface area contributed by atoms with Crippen LogP contribution in [0, 0.1) is 6.92 Å². The van der Waals surface area contributed by atoms with Gasteiger partial charge in [-0.25, -0.2) is 0 Å². The molecule has 4 aromatic rings. The largest absolute Gasteiger partial charge is 0.339 e. The highest BCUT2D eigenvalue weighted by atomic mass is 35.5. The van der Waals surface area contributed by atoms with Gasteiger partial charge in [0.25, 0.3) is 5.91 Å². The molecule has 0 radical (unpaired) electrons. The standard InChI is InChI=1S/C31H31Cl2N5O2S/c1-21-9-6-7-12-27(21)38-29(23-10-4-3-5-11-23)34-35-31(38)41-18-8-13-28(39)36-16-17-37(22(2)20-36)30(40)24-14-15-25(32)26(33)19-24/h3-7,9-12,14-15,19,22H,8,13,16-18,20H2,1-2H3/t22-/m1/s1. The number of nitrogens with zero attached hydrogens (tertiary/aromatic N) is 5. The fourth-order valence-corrected chi connectivity index (χ4v) is 6.18. The van der Waals surface area contributed by atoms with Crippen molar-refractivity contribution in [2.45, 2.75) is 37.9 Å². The molecule has 212 valence electrons. The van der Waals surface area contributed by atoms with Crippen LogP contribution in [-0.4, -0.2) is 67.8 Å². The molecule has 0 aliphatic carbocycles. The molecule has 2 heterocycles. The molecule has 5 rings (SSSR count). The van der Waals surface area contributed by atoms with Crippen molar-refractivity contribution in [1.82, 2.24) is 24.6 Å². The molecule has 1 saturated heterocycles. The van der Waals surface area contributed by atoms with Gasteiger partial charge in [-0.15, -0.1) is 10.2 Å². The molecule has 41 heavy (non-hydrogen) atoms. The van der Waals surface area contributed by atoms with E-state index < -0.39 is 0 Å². The van der Waals surface area contributed by atoms with Gasteiger partial charge in [-0.3, -0.25) is 14.2 Å². The predicted molar refractivity (Wildman–Crippen MR) is 165 cm³/mol. The maximum absolute atomic E-state index is 13.1. The number of hydrogen-bond acceptors (Lipinski definition) is 5. The van der Waals surface area contributed by atoms with Crippen LogP contribution in [0.1, 0.15) is 35.7 Å². The first-order valence-electron chi connectivity index (χ1n) is 13.6.